The maximum absolute atomic E-state index is 10.8. The predicted molar refractivity (Wildman–Crippen MR) is 95.6 cm³/mol. The summed E-state index contributed by atoms with van der Waals surface area (Å²) in [7, 11) is -1.08. The third-order valence-electron chi connectivity index (χ3n) is 4.17. The fourth-order valence-electron chi connectivity index (χ4n) is 2.92. The maximum atomic E-state index is 10.8. The minimum Gasteiger partial charge on any atom is -0.465 e. The van der Waals surface area contributed by atoms with Gasteiger partial charge in [0.25, 0.3) is 0 Å². The molecule has 1 aliphatic rings. The minimum atomic E-state index is -1.08. The van der Waals surface area contributed by atoms with E-state index in [1.54, 1.807) is 0 Å². The Balaban J connectivity index is 1.91. The smallest absolute Gasteiger partial charge is 0.404 e. The fourth-order valence-corrected chi connectivity index (χ4v) is 4.10. The first-order valence-electron chi connectivity index (χ1n) is 8.05. The summed E-state index contributed by atoms with van der Waals surface area (Å²) in [6, 6.07) is 3.20. The van der Waals surface area contributed by atoms with Crippen LogP contribution in [0, 0.1) is 0 Å². The topological polar surface area (TPSA) is 76.4 Å². The first kappa shape index (κ1) is 18.5. The second-order valence-electron chi connectivity index (χ2n) is 7.40. The maximum Gasteiger partial charge on any atom is 0.404 e. The quantitative estimate of drug-likeness (QED) is 0.535. The summed E-state index contributed by atoms with van der Waals surface area (Å²) < 4.78 is 8.51. The number of aromatic nitrogens is 2. The van der Waals surface area contributed by atoms with Crippen LogP contribution in [0.5, 0.6) is 0 Å². The third-order valence-corrected chi connectivity index (χ3v) is 6.26. The van der Waals surface area contributed by atoms with Gasteiger partial charge in [-0.2, -0.15) is 5.10 Å². The molecule has 1 heterocycles. The monoisotopic (exact) mass is 403 g/mol. The Bertz CT molecular complexity index is 545. The minimum absolute atomic E-state index is 0.0347. The zero-order valence-corrected chi connectivity index (χ0v) is 16.6. The van der Waals surface area contributed by atoms with E-state index in [1.165, 1.54) is 0 Å². The second kappa shape index (κ2) is 7.81. The molecule has 6 nitrogen and oxygen atoms in total. The van der Waals surface area contributed by atoms with E-state index in [2.05, 4.69) is 46.0 Å². The molecule has 1 aliphatic carbocycles. The van der Waals surface area contributed by atoms with Gasteiger partial charge in [-0.3, -0.25) is 0 Å². The Kier molecular flexibility index (Phi) is 6.27. The van der Waals surface area contributed by atoms with Crippen LogP contribution in [0.4, 0.5) is 4.79 Å². The molecular formula is C15H26BrN3O3Si. The van der Waals surface area contributed by atoms with Gasteiger partial charge in [0.05, 0.1) is 0 Å². The Labute approximate surface area is 146 Å². The fraction of sp³-hybridized carbons (Fsp3) is 0.733. The largest absolute Gasteiger partial charge is 0.465 e. The van der Waals surface area contributed by atoms with E-state index in [0.29, 0.717) is 12.6 Å². The van der Waals surface area contributed by atoms with Crippen LogP contribution in [0.2, 0.25) is 25.7 Å². The van der Waals surface area contributed by atoms with E-state index < -0.39 is 14.2 Å². The van der Waals surface area contributed by atoms with Crippen molar-refractivity contribution in [1.82, 2.24) is 15.1 Å². The van der Waals surface area contributed by atoms with E-state index >= 15 is 0 Å². The summed E-state index contributed by atoms with van der Waals surface area (Å²) in [6.07, 6.45) is 1.72. The number of halogens is 1. The van der Waals surface area contributed by atoms with Gasteiger partial charge in [-0.25, -0.2) is 9.48 Å². The van der Waals surface area contributed by atoms with Gasteiger partial charge in [0.1, 0.15) is 11.3 Å². The highest BCUT2D eigenvalue weighted by Gasteiger charge is 2.29. The molecule has 2 N–H and O–H groups in total. The van der Waals surface area contributed by atoms with Crippen molar-refractivity contribution in [2.75, 3.05) is 6.61 Å². The van der Waals surface area contributed by atoms with E-state index in [1.807, 2.05) is 10.7 Å². The molecule has 130 valence electrons. The molecule has 0 saturated heterocycles. The molecular weight excluding hydrogens is 378 g/mol. The summed E-state index contributed by atoms with van der Waals surface area (Å²) in [5.74, 6) is 0.325. The Morgan fingerprint density at radius 3 is 2.91 bits per heavy atom. The molecule has 1 unspecified atom stereocenters. The zero-order chi connectivity index (χ0) is 17.0. The molecule has 0 aliphatic heterocycles. The normalized spacial score (nSPS) is 21.6. The molecule has 0 bridgehead atoms. The standard InChI is InChI=1S/C15H26BrN3O3Si/c1-23(2,3)7-6-22-10-19-13(9-14(16)18-19)11-4-5-12(8-11)17-15(20)21/h9,11-12,17H,4-8,10H2,1-3H3,(H,20,21)/t11?,12-/m0/s1. The molecule has 1 fully saturated rings. The molecule has 0 radical (unpaired) electrons. The van der Waals surface area contributed by atoms with Gasteiger partial charge in [-0.05, 0) is 47.3 Å². The molecule has 8 heteroatoms. The lowest BCUT2D eigenvalue weighted by molar-refractivity contribution is 0.0754. The molecule has 0 aromatic carbocycles. The molecule has 1 saturated carbocycles. The first-order chi connectivity index (χ1) is 10.7. The summed E-state index contributed by atoms with van der Waals surface area (Å²) >= 11 is 3.44. The second-order valence-corrected chi connectivity index (χ2v) is 13.8. The van der Waals surface area contributed by atoms with E-state index in [9.17, 15) is 4.79 Å². The number of carbonyl (C=O) groups is 1. The summed E-state index contributed by atoms with van der Waals surface area (Å²) in [6.45, 7) is 8.22. The average Bonchev–Trinajstić information content (AvgIpc) is 2.99. The number of hydrogen-bond acceptors (Lipinski definition) is 3. The number of hydrogen-bond donors (Lipinski definition) is 2. The van der Waals surface area contributed by atoms with Crippen LogP contribution in [-0.2, 0) is 11.5 Å². The van der Waals surface area contributed by atoms with Gasteiger partial charge >= 0.3 is 6.09 Å². The number of rotatable bonds is 7. The van der Waals surface area contributed by atoms with Crippen molar-refractivity contribution in [3.63, 3.8) is 0 Å². The lowest BCUT2D eigenvalue weighted by atomic mass is 10.0. The van der Waals surface area contributed by atoms with Crippen LogP contribution < -0.4 is 5.32 Å². The van der Waals surface area contributed by atoms with Crippen molar-refractivity contribution in [3.8, 4) is 0 Å². The number of nitrogens with zero attached hydrogens (tertiary/aromatic N) is 2. The van der Waals surface area contributed by atoms with Crippen molar-refractivity contribution in [2.24, 2.45) is 0 Å². The summed E-state index contributed by atoms with van der Waals surface area (Å²) in [5.41, 5.74) is 1.12. The van der Waals surface area contributed by atoms with E-state index in [-0.39, 0.29) is 6.04 Å². The van der Waals surface area contributed by atoms with Crippen molar-refractivity contribution in [3.05, 3.63) is 16.4 Å². The molecule has 1 aromatic rings. The SMILES string of the molecule is C[Si](C)(C)CCOCn1nc(Br)cc1C1CC[C@H](NC(=O)O)C1. The van der Waals surface area contributed by atoms with E-state index in [0.717, 1.165) is 42.2 Å². The van der Waals surface area contributed by atoms with Gasteiger partial charge in [0.15, 0.2) is 0 Å². The van der Waals surface area contributed by atoms with Crippen LogP contribution >= 0.6 is 15.9 Å². The van der Waals surface area contributed by atoms with Gasteiger partial charge in [-0.1, -0.05) is 19.6 Å². The highest BCUT2D eigenvalue weighted by molar-refractivity contribution is 9.10. The van der Waals surface area contributed by atoms with Crippen LogP contribution in [0.25, 0.3) is 0 Å². The Hall–Kier alpha value is -0.863. The number of ether oxygens (including phenoxy) is 1. The molecule has 2 atom stereocenters. The molecule has 0 spiro atoms. The van der Waals surface area contributed by atoms with Crippen molar-refractivity contribution >= 4 is 30.1 Å². The summed E-state index contributed by atoms with van der Waals surface area (Å²) in [5, 5.41) is 15.9. The lowest BCUT2D eigenvalue weighted by Gasteiger charge is -2.17. The number of carboxylic acid groups (broad SMARTS) is 1. The van der Waals surface area contributed by atoms with Gasteiger partial charge in [0.2, 0.25) is 0 Å². The Morgan fingerprint density at radius 1 is 1.52 bits per heavy atom. The third kappa shape index (κ3) is 5.93. The molecule has 1 amide bonds. The van der Waals surface area contributed by atoms with Gasteiger partial charge in [0, 0.05) is 32.3 Å². The van der Waals surface area contributed by atoms with Crippen LogP contribution in [0.1, 0.15) is 30.9 Å². The predicted octanol–water partition coefficient (Wildman–Crippen LogP) is 3.86. The first-order valence-corrected chi connectivity index (χ1v) is 12.5. The van der Waals surface area contributed by atoms with Gasteiger partial charge < -0.3 is 15.2 Å². The number of amides is 1. The summed E-state index contributed by atoms with van der Waals surface area (Å²) in [4.78, 5) is 10.8. The van der Waals surface area contributed by atoms with Crippen LogP contribution in [0.15, 0.2) is 10.7 Å². The van der Waals surface area contributed by atoms with Crippen LogP contribution in [-0.4, -0.2) is 41.7 Å². The molecule has 1 aromatic heterocycles. The van der Waals surface area contributed by atoms with E-state index in [4.69, 9.17) is 9.84 Å². The highest BCUT2D eigenvalue weighted by atomic mass is 79.9. The zero-order valence-electron chi connectivity index (χ0n) is 14.0. The number of nitrogens with one attached hydrogen (secondary N) is 1. The van der Waals surface area contributed by atoms with Crippen molar-refractivity contribution in [1.29, 1.82) is 0 Å². The van der Waals surface area contributed by atoms with Crippen LogP contribution in [0.3, 0.4) is 0 Å². The van der Waals surface area contributed by atoms with Crippen molar-refractivity contribution in [2.45, 2.75) is 63.6 Å². The van der Waals surface area contributed by atoms with Crippen molar-refractivity contribution < 1.29 is 14.6 Å². The highest BCUT2D eigenvalue weighted by Crippen LogP contribution is 2.35. The average molecular weight is 404 g/mol. The Morgan fingerprint density at radius 2 is 2.26 bits per heavy atom. The molecule has 2 rings (SSSR count). The molecule has 23 heavy (non-hydrogen) atoms. The lowest BCUT2D eigenvalue weighted by Crippen LogP contribution is -2.31. The van der Waals surface area contributed by atoms with Gasteiger partial charge in [-0.15, -0.1) is 0 Å².